The van der Waals surface area contributed by atoms with Crippen LogP contribution in [-0.2, 0) is 10.0 Å². The van der Waals surface area contributed by atoms with Gasteiger partial charge < -0.3 is 5.11 Å². The fourth-order valence-corrected chi connectivity index (χ4v) is 2.47. The van der Waals surface area contributed by atoms with E-state index >= 15 is 0 Å². The molecule has 0 aliphatic rings. The number of aliphatic hydroxyl groups excluding tert-OH is 1. The molecule has 1 aromatic carbocycles. The number of nitrogens with one attached hydrogen (secondary N) is 1. The molecule has 0 saturated carbocycles. The molecule has 8 heteroatoms. The van der Waals surface area contributed by atoms with Crippen molar-refractivity contribution in [3.8, 4) is 0 Å². The molecule has 0 saturated heterocycles. The van der Waals surface area contributed by atoms with Gasteiger partial charge in [-0.2, -0.15) is 0 Å². The SMILES string of the molecule is CCC(O)CCNS(=O)(=O)c1ccc(F)c(F)c1F. The maximum Gasteiger partial charge on any atom is 0.243 e. The van der Waals surface area contributed by atoms with Crippen molar-refractivity contribution >= 4 is 10.0 Å². The smallest absolute Gasteiger partial charge is 0.243 e. The maximum absolute atomic E-state index is 13.3. The third-order valence-electron chi connectivity index (χ3n) is 2.53. The zero-order valence-electron chi connectivity index (χ0n) is 10.2. The van der Waals surface area contributed by atoms with Gasteiger partial charge >= 0.3 is 0 Å². The topological polar surface area (TPSA) is 66.4 Å². The summed E-state index contributed by atoms with van der Waals surface area (Å²) in [7, 11) is -4.28. The van der Waals surface area contributed by atoms with Gasteiger partial charge in [-0.25, -0.2) is 26.3 Å². The molecule has 0 aromatic heterocycles. The Bertz CT molecular complexity index is 548. The summed E-state index contributed by atoms with van der Waals surface area (Å²) in [6.07, 6.45) is -0.0973. The molecular weight excluding hydrogens is 283 g/mol. The van der Waals surface area contributed by atoms with Crippen LogP contribution in [0.5, 0.6) is 0 Å². The van der Waals surface area contributed by atoms with Crippen LogP contribution in [0.25, 0.3) is 0 Å². The Labute approximate surface area is 109 Å². The second-order valence-corrected chi connectivity index (χ2v) is 5.66. The molecule has 1 unspecified atom stereocenters. The van der Waals surface area contributed by atoms with E-state index in [4.69, 9.17) is 0 Å². The first kappa shape index (κ1) is 15.9. The average Bonchev–Trinajstić information content (AvgIpc) is 2.35. The molecule has 0 fully saturated rings. The molecule has 4 nitrogen and oxygen atoms in total. The quantitative estimate of drug-likeness (QED) is 0.783. The van der Waals surface area contributed by atoms with Crippen molar-refractivity contribution in [3.63, 3.8) is 0 Å². The number of aliphatic hydroxyl groups is 1. The van der Waals surface area contributed by atoms with Crippen LogP contribution >= 0.6 is 0 Å². The van der Waals surface area contributed by atoms with Gasteiger partial charge in [-0.1, -0.05) is 6.92 Å². The summed E-state index contributed by atoms with van der Waals surface area (Å²) in [5.74, 6) is -5.06. The summed E-state index contributed by atoms with van der Waals surface area (Å²) in [4.78, 5) is -0.961. The highest BCUT2D eigenvalue weighted by atomic mass is 32.2. The van der Waals surface area contributed by atoms with Crippen LogP contribution in [0.4, 0.5) is 13.2 Å². The van der Waals surface area contributed by atoms with Gasteiger partial charge in [0.1, 0.15) is 4.90 Å². The second-order valence-electron chi connectivity index (χ2n) is 3.92. The number of hydrogen-bond acceptors (Lipinski definition) is 3. The number of halogens is 3. The maximum atomic E-state index is 13.3. The summed E-state index contributed by atoms with van der Waals surface area (Å²) in [5.41, 5.74) is 0. The third kappa shape index (κ3) is 3.92. The molecule has 108 valence electrons. The Kier molecular flexibility index (Phi) is 5.33. The van der Waals surface area contributed by atoms with Crippen LogP contribution in [0.15, 0.2) is 17.0 Å². The Balaban J connectivity index is 2.87. The molecule has 19 heavy (non-hydrogen) atoms. The lowest BCUT2D eigenvalue weighted by molar-refractivity contribution is 0.162. The first-order chi connectivity index (χ1) is 8.79. The minimum absolute atomic E-state index is 0.129. The highest BCUT2D eigenvalue weighted by molar-refractivity contribution is 7.89. The lowest BCUT2D eigenvalue weighted by atomic mass is 10.2. The van der Waals surface area contributed by atoms with Gasteiger partial charge in [-0.15, -0.1) is 0 Å². The molecule has 1 atom stereocenters. The van der Waals surface area contributed by atoms with Crippen LogP contribution in [0, 0.1) is 17.5 Å². The van der Waals surface area contributed by atoms with Gasteiger partial charge in [0.2, 0.25) is 10.0 Å². The van der Waals surface area contributed by atoms with Crippen molar-refractivity contribution in [2.75, 3.05) is 6.54 Å². The van der Waals surface area contributed by atoms with E-state index < -0.39 is 38.5 Å². The van der Waals surface area contributed by atoms with E-state index in [1.165, 1.54) is 0 Å². The largest absolute Gasteiger partial charge is 0.393 e. The van der Waals surface area contributed by atoms with E-state index in [1.54, 1.807) is 6.92 Å². The highest BCUT2D eigenvalue weighted by Crippen LogP contribution is 2.19. The molecule has 1 aromatic rings. The molecule has 0 bridgehead atoms. The summed E-state index contributed by atoms with van der Waals surface area (Å²) in [6, 6.07) is 1.18. The van der Waals surface area contributed by atoms with Gasteiger partial charge in [0, 0.05) is 6.54 Å². The summed E-state index contributed by atoms with van der Waals surface area (Å²) in [5, 5.41) is 9.24. The Morgan fingerprint density at radius 2 is 1.89 bits per heavy atom. The predicted octanol–water partition coefficient (Wildman–Crippen LogP) is 1.54. The Hall–Kier alpha value is -1.12. The summed E-state index contributed by atoms with van der Waals surface area (Å²) in [6.45, 7) is 1.59. The fourth-order valence-electron chi connectivity index (χ4n) is 1.36. The van der Waals surface area contributed by atoms with E-state index in [0.29, 0.717) is 18.6 Å². The van der Waals surface area contributed by atoms with Crippen molar-refractivity contribution in [1.29, 1.82) is 0 Å². The van der Waals surface area contributed by atoms with Gasteiger partial charge in [0.05, 0.1) is 6.10 Å². The zero-order chi connectivity index (χ0) is 14.6. The van der Waals surface area contributed by atoms with Crippen LogP contribution < -0.4 is 4.72 Å². The summed E-state index contributed by atoms with van der Waals surface area (Å²) >= 11 is 0. The minimum atomic E-state index is -4.28. The Morgan fingerprint density at radius 1 is 1.26 bits per heavy atom. The van der Waals surface area contributed by atoms with Crippen molar-refractivity contribution in [2.24, 2.45) is 0 Å². The standard InChI is InChI=1S/C11H14F3NO3S/c1-2-7(16)5-6-15-19(17,18)9-4-3-8(12)10(13)11(9)14/h3-4,7,15-16H,2,5-6H2,1H3. The number of benzene rings is 1. The molecule has 0 aliphatic heterocycles. The molecular formula is C11H14F3NO3S. The van der Waals surface area contributed by atoms with Gasteiger partial charge in [-0.3, -0.25) is 0 Å². The van der Waals surface area contributed by atoms with Crippen molar-refractivity contribution in [1.82, 2.24) is 4.72 Å². The van der Waals surface area contributed by atoms with Gasteiger partial charge in [-0.05, 0) is 25.0 Å². The monoisotopic (exact) mass is 297 g/mol. The summed E-state index contributed by atoms with van der Waals surface area (Å²) < 4.78 is 64.3. The number of sulfonamides is 1. The van der Waals surface area contributed by atoms with E-state index in [2.05, 4.69) is 0 Å². The predicted molar refractivity (Wildman–Crippen MR) is 62.4 cm³/mol. The molecule has 1 rings (SSSR count). The number of rotatable bonds is 6. The van der Waals surface area contributed by atoms with Crippen LogP contribution in [-0.4, -0.2) is 26.2 Å². The molecule has 0 radical (unpaired) electrons. The molecule has 0 aliphatic carbocycles. The first-order valence-electron chi connectivity index (χ1n) is 5.60. The first-order valence-corrected chi connectivity index (χ1v) is 7.09. The molecule has 0 amide bonds. The van der Waals surface area contributed by atoms with Crippen LogP contribution in [0.2, 0.25) is 0 Å². The third-order valence-corrected chi connectivity index (χ3v) is 4.01. The lowest BCUT2D eigenvalue weighted by Crippen LogP contribution is -2.28. The number of hydrogen-bond donors (Lipinski definition) is 2. The van der Waals surface area contributed by atoms with Crippen molar-refractivity contribution < 1.29 is 26.7 Å². The normalized spacial score (nSPS) is 13.5. The van der Waals surface area contributed by atoms with Gasteiger partial charge in [0.25, 0.3) is 0 Å². The van der Waals surface area contributed by atoms with E-state index in [-0.39, 0.29) is 13.0 Å². The van der Waals surface area contributed by atoms with Crippen LogP contribution in [0.1, 0.15) is 19.8 Å². The van der Waals surface area contributed by atoms with Gasteiger partial charge in [0.15, 0.2) is 17.5 Å². The van der Waals surface area contributed by atoms with E-state index in [1.807, 2.05) is 4.72 Å². The van der Waals surface area contributed by atoms with Crippen molar-refractivity contribution in [3.05, 3.63) is 29.6 Å². The van der Waals surface area contributed by atoms with Crippen LogP contribution in [0.3, 0.4) is 0 Å². The minimum Gasteiger partial charge on any atom is -0.393 e. The average molecular weight is 297 g/mol. The van der Waals surface area contributed by atoms with E-state index in [9.17, 15) is 26.7 Å². The molecule has 2 N–H and O–H groups in total. The zero-order valence-corrected chi connectivity index (χ0v) is 11.0. The lowest BCUT2D eigenvalue weighted by Gasteiger charge is -2.10. The second kappa shape index (κ2) is 6.36. The molecule has 0 heterocycles. The fraction of sp³-hybridized carbons (Fsp3) is 0.455. The Morgan fingerprint density at radius 3 is 2.47 bits per heavy atom. The van der Waals surface area contributed by atoms with Crippen molar-refractivity contribution in [2.45, 2.75) is 30.8 Å². The highest BCUT2D eigenvalue weighted by Gasteiger charge is 2.23. The van der Waals surface area contributed by atoms with E-state index in [0.717, 1.165) is 0 Å². The molecule has 0 spiro atoms.